The molecule has 1 unspecified atom stereocenters. The Labute approximate surface area is 215 Å². The first-order chi connectivity index (χ1) is 17.8. The Morgan fingerprint density at radius 3 is 2.30 bits per heavy atom. The van der Waals surface area contributed by atoms with E-state index in [0.717, 1.165) is 19.3 Å². The van der Waals surface area contributed by atoms with E-state index in [1.165, 1.54) is 34.4 Å². The van der Waals surface area contributed by atoms with Crippen LogP contribution < -0.4 is 11.2 Å². The van der Waals surface area contributed by atoms with Crippen molar-refractivity contribution in [2.75, 3.05) is 20.2 Å². The Balaban J connectivity index is 0.000000303. The van der Waals surface area contributed by atoms with Gasteiger partial charge in [-0.2, -0.15) is 5.06 Å². The van der Waals surface area contributed by atoms with Crippen molar-refractivity contribution in [1.29, 1.82) is 0 Å². The number of carbonyl (C=O) groups excluding carboxylic acids is 1. The number of unbranched alkanes of at least 4 members (excludes halogenated alkanes) is 2. The summed E-state index contributed by atoms with van der Waals surface area (Å²) in [4.78, 5) is 41.5. The molecule has 11 heteroatoms. The summed E-state index contributed by atoms with van der Waals surface area (Å²) in [5.41, 5.74) is 12.6. The van der Waals surface area contributed by atoms with Gasteiger partial charge in [0.25, 0.3) is 5.96 Å². The van der Waals surface area contributed by atoms with Crippen molar-refractivity contribution in [2.24, 2.45) is 10.7 Å². The number of hydroxylamine groups is 2. The molecule has 0 spiro atoms. The molecule has 0 radical (unpaired) electrons. The van der Waals surface area contributed by atoms with Gasteiger partial charge in [-0.3, -0.25) is 4.79 Å². The Hall–Kier alpha value is -4.05. The predicted molar refractivity (Wildman–Crippen MR) is 140 cm³/mol. The lowest BCUT2D eigenvalue weighted by atomic mass is 10.0. The van der Waals surface area contributed by atoms with Crippen LogP contribution in [-0.4, -0.2) is 59.3 Å². The zero-order valence-electron chi connectivity index (χ0n) is 21.1. The van der Waals surface area contributed by atoms with E-state index in [2.05, 4.69) is 53.5 Å². The van der Waals surface area contributed by atoms with E-state index in [4.69, 9.17) is 10.6 Å². The number of aliphatic carboxylic acids is 1. The number of nitro groups is 1. The predicted octanol–water partition coefficient (Wildman–Crippen LogP) is 3.00. The van der Waals surface area contributed by atoms with Crippen molar-refractivity contribution in [3.63, 3.8) is 0 Å². The fraction of sp³-hybridized carbons (Fsp3) is 0.385. The number of nitrogens with two attached hydrogens (primary N) is 1. The molecule has 37 heavy (non-hydrogen) atoms. The average Bonchev–Trinajstić information content (AvgIpc) is 3.25. The molecule has 198 valence electrons. The second kappa shape index (κ2) is 15.1. The highest BCUT2D eigenvalue weighted by molar-refractivity contribution is 5.81. The molecule has 0 amide bonds. The summed E-state index contributed by atoms with van der Waals surface area (Å²) in [5, 5.41) is 19.9. The maximum atomic E-state index is 11.5. The number of aliphatic imine (C=N–C) groups is 1. The minimum atomic E-state index is -1.30. The Morgan fingerprint density at radius 2 is 1.81 bits per heavy atom. The molecule has 11 nitrogen and oxygen atoms in total. The largest absolute Gasteiger partial charge is 0.480 e. The first-order valence-electron chi connectivity index (χ1n) is 12.0. The van der Waals surface area contributed by atoms with Gasteiger partial charge in [-0.25, -0.2) is 19.9 Å². The highest BCUT2D eigenvalue weighted by atomic mass is 16.7. The highest BCUT2D eigenvalue weighted by Gasteiger charge is 2.30. The second-order valence-electron chi connectivity index (χ2n) is 8.28. The average molecular weight is 512 g/mol. The summed E-state index contributed by atoms with van der Waals surface area (Å²) in [6.45, 7) is 2.23. The molecule has 0 heterocycles. The number of nitrogens with zero attached hydrogens (tertiary/aromatic N) is 3. The van der Waals surface area contributed by atoms with E-state index < -0.39 is 23.0 Å². The smallest absolute Gasteiger partial charge is 0.328 e. The Kier molecular flexibility index (Phi) is 11.9. The quantitative estimate of drug-likeness (QED) is 0.0829. The fourth-order valence-corrected chi connectivity index (χ4v) is 4.04. The van der Waals surface area contributed by atoms with Gasteiger partial charge in [0.2, 0.25) is 0 Å². The zero-order valence-corrected chi connectivity index (χ0v) is 21.1. The van der Waals surface area contributed by atoms with Crippen LogP contribution in [0.2, 0.25) is 0 Å². The van der Waals surface area contributed by atoms with Crippen LogP contribution in [0.1, 0.15) is 43.7 Å². The summed E-state index contributed by atoms with van der Waals surface area (Å²) in [5.74, 6) is -0.0954. The third-order valence-electron chi connectivity index (χ3n) is 5.77. The molecule has 4 N–H and O–H groups in total. The van der Waals surface area contributed by atoms with Crippen LogP contribution in [0.3, 0.4) is 0 Å². The zero-order chi connectivity index (χ0) is 27.2. The van der Waals surface area contributed by atoms with E-state index in [9.17, 15) is 24.8 Å². The lowest BCUT2D eigenvalue weighted by molar-refractivity contribution is -0.525. The van der Waals surface area contributed by atoms with Crippen molar-refractivity contribution in [2.45, 2.75) is 45.1 Å². The van der Waals surface area contributed by atoms with Crippen molar-refractivity contribution in [3.8, 4) is 11.1 Å². The summed E-state index contributed by atoms with van der Waals surface area (Å²) in [7, 11) is 1.32. The Bertz CT molecular complexity index is 1100. The molecule has 1 aliphatic rings. The molecule has 0 saturated heterocycles. The number of rotatable bonds is 12. The van der Waals surface area contributed by atoms with Crippen molar-refractivity contribution >= 4 is 17.9 Å². The summed E-state index contributed by atoms with van der Waals surface area (Å²) >= 11 is 0. The number of carboxylic acid groups (broad SMARTS) is 1. The van der Waals surface area contributed by atoms with Crippen LogP contribution in [-0.2, 0) is 20.8 Å². The number of hydrazine groups is 1. The van der Waals surface area contributed by atoms with E-state index in [-0.39, 0.29) is 18.5 Å². The van der Waals surface area contributed by atoms with Gasteiger partial charge in [0.1, 0.15) is 5.94 Å². The van der Waals surface area contributed by atoms with Gasteiger partial charge >= 0.3 is 5.97 Å². The molecule has 0 aromatic heterocycles. The minimum absolute atomic E-state index is 0.0752. The molecular weight excluding hydrogens is 478 g/mol. The van der Waals surface area contributed by atoms with E-state index in [1.807, 2.05) is 6.92 Å². The van der Waals surface area contributed by atoms with E-state index in [1.54, 1.807) is 11.4 Å². The van der Waals surface area contributed by atoms with Crippen LogP contribution >= 0.6 is 0 Å². The summed E-state index contributed by atoms with van der Waals surface area (Å²) < 4.78 is 0. The molecular formula is C26H33N5O6. The normalized spacial score (nSPS) is 12.5. The second-order valence-corrected chi connectivity index (χ2v) is 8.28. The van der Waals surface area contributed by atoms with Gasteiger partial charge in [0.05, 0.1) is 7.11 Å². The van der Waals surface area contributed by atoms with Gasteiger partial charge in [0.15, 0.2) is 11.1 Å². The van der Waals surface area contributed by atoms with Crippen molar-refractivity contribution in [3.05, 3.63) is 75.3 Å². The number of nitrogens with one attached hydrogen (secondary N) is 1. The van der Waals surface area contributed by atoms with E-state index in [0.29, 0.717) is 13.0 Å². The monoisotopic (exact) mass is 511 g/mol. The topological polar surface area (TPSA) is 160 Å². The van der Waals surface area contributed by atoms with Crippen molar-refractivity contribution in [1.82, 2.24) is 10.5 Å². The molecule has 1 atom stereocenters. The number of fused-ring (bicyclic) bond motifs is 3. The maximum absolute atomic E-state index is 11.5. The third kappa shape index (κ3) is 8.84. The van der Waals surface area contributed by atoms with E-state index >= 15 is 0 Å². The number of carbonyl (C=O) groups is 1. The number of hydrogen-bond acceptors (Lipinski definition) is 7. The highest BCUT2D eigenvalue weighted by Crippen LogP contribution is 2.35. The SMILES string of the molecule is CCCCCN(OC)C(C(=O)O)C(=C=O)CCN=C(N)N[N+](=O)[O-].c1ccc2c(c1)Cc1ccccc1-2. The van der Waals surface area contributed by atoms with Crippen LogP contribution in [0, 0.1) is 10.1 Å². The number of hydrogen-bond donors (Lipinski definition) is 3. The molecule has 0 bridgehead atoms. The lowest BCUT2D eigenvalue weighted by Crippen LogP contribution is -2.43. The molecule has 0 saturated carbocycles. The first kappa shape index (κ1) is 29.2. The standard InChI is InChI=1S/C13H23N5O6.C13H10/c1-3-4-5-8-17(24-2)11(12(20)21)10(9-19)6-7-15-13(14)16-18(22)23;1-3-7-12-10(5-1)9-11-6-2-4-8-13(11)12/h11H,3-8H2,1-2H3,(H,20,21)(H3,14,15,16);1-8H,9H2. The van der Waals surface area contributed by atoms with Crippen molar-refractivity contribution < 1.29 is 24.6 Å². The van der Waals surface area contributed by atoms with Gasteiger partial charge in [-0.1, -0.05) is 73.7 Å². The molecule has 2 aromatic carbocycles. The minimum Gasteiger partial charge on any atom is -0.480 e. The maximum Gasteiger partial charge on any atom is 0.328 e. The van der Waals surface area contributed by atoms with Crippen LogP contribution in [0.25, 0.3) is 11.1 Å². The molecule has 0 aliphatic heterocycles. The number of guanidine groups is 1. The lowest BCUT2D eigenvalue weighted by Gasteiger charge is -2.26. The first-order valence-corrected chi connectivity index (χ1v) is 12.0. The Morgan fingerprint density at radius 1 is 1.22 bits per heavy atom. The fourth-order valence-electron chi connectivity index (χ4n) is 4.04. The summed E-state index contributed by atoms with van der Waals surface area (Å²) in [6.07, 6.45) is 3.57. The number of carboxylic acids is 1. The van der Waals surface area contributed by atoms with Crippen LogP contribution in [0.5, 0.6) is 0 Å². The van der Waals surface area contributed by atoms with Gasteiger partial charge in [-0.15, -0.1) is 0 Å². The van der Waals surface area contributed by atoms with Crippen LogP contribution in [0.4, 0.5) is 0 Å². The molecule has 3 rings (SSSR count). The van der Waals surface area contributed by atoms with Gasteiger partial charge < -0.3 is 15.7 Å². The number of benzene rings is 2. The van der Waals surface area contributed by atoms with Gasteiger partial charge in [0, 0.05) is 25.1 Å². The molecule has 0 fully saturated rings. The molecule has 2 aromatic rings. The molecule has 1 aliphatic carbocycles. The summed E-state index contributed by atoms with van der Waals surface area (Å²) in [6, 6.07) is 16.0. The van der Waals surface area contributed by atoms with Crippen LogP contribution in [0.15, 0.2) is 59.1 Å². The third-order valence-corrected chi connectivity index (χ3v) is 5.77. The van der Waals surface area contributed by atoms with Gasteiger partial charge in [-0.05, 0) is 35.1 Å².